The Balaban J connectivity index is 2.01. The van der Waals surface area contributed by atoms with E-state index in [1.165, 1.54) is 19.3 Å². The predicted octanol–water partition coefficient (Wildman–Crippen LogP) is 2.76. The van der Waals surface area contributed by atoms with Crippen molar-refractivity contribution in [3.63, 3.8) is 0 Å². The van der Waals surface area contributed by atoms with Crippen LogP contribution in [0.2, 0.25) is 5.15 Å². The molecule has 1 saturated heterocycles. The van der Waals surface area contributed by atoms with E-state index in [1.807, 2.05) is 6.07 Å². The lowest BCUT2D eigenvalue weighted by Crippen LogP contribution is -2.33. The fourth-order valence-electron chi connectivity index (χ4n) is 2.10. The highest BCUT2D eigenvalue weighted by atomic mass is 35.5. The summed E-state index contributed by atoms with van der Waals surface area (Å²) >= 11 is 5.82. The van der Waals surface area contributed by atoms with Gasteiger partial charge in [-0.05, 0) is 18.8 Å². The number of anilines is 1. The molecule has 1 aliphatic rings. The second-order valence-electron chi connectivity index (χ2n) is 4.08. The molecular formula is C11H16ClN3. The first-order valence-corrected chi connectivity index (χ1v) is 5.90. The average molecular weight is 226 g/mol. The summed E-state index contributed by atoms with van der Waals surface area (Å²) < 4.78 is 0. The van der Waals surface area contributed by atoms with Crippen molar-refractivity contribution in [2.24, 2.45) is 5.92 Å². The Hall–Kier alpha value is -0.830. The highest BCUT2D eigenvalue weighted by Crippen LogP contribution is 2.25. The molecule has 0 N–H and O–H groups in total. The number of rotatable bonds is 2. The number of hydrogen-bond donors (Lipinski definition) is 0. The van der Waals surface area contributed by atoms with Crippen LogP contribution in [-0.2, 0) is 0 Å². The van der Waals surface area contributed by atoms with E-state index in [-0.39, 0.29) is 0 Å². The molecule has 1 aliphatic heterocycles. The van der Waals surface area contributed by atoms with Crippen LogP contribution in [0.1, 0.15) is 26.2 Å². The largest absolute Gasteiger partial charge is 0.370 e. The highest BCUT2D eigenvalue weighted by Gasteiger charge is 2.18. The molecule has 15 heavy (non-hydrogen) atoms. The van der Waals surface area contributed by atoms with Gasteiger partial charge in [0.2, 0.25) is 0 Å². The minimum absolute atomic E-state index is 0.477. The van der Waals surface area contributed by atoms with Gasteiger partial charge >= 0.3 is 0 Å². The Morgan fingerprint density at radius 2 is 2.20 bits per heavy atom. The van der Waals surface area contributed by atoms with E-state index >= 15 is 0 Å². The van der Waals surface area contributed by atoms with Gasteiger partial charge in [0.25, 0.3) is 0 Å². The maximum absolute atomic E-state index is 5.82. The van der Waals surface area contributed by atoms with Crippen LogP contribution in [-0.4, -0.2) is 23.3 Å². The third-order valence-electron chi connectivity index (χ3n) is 3.17. The van der Waals surface area contributed by atoms with Gasteiger partial charge in [-0.25, -0.2) is 0 Å². The number of hydrogen-bond acceptors (Lipinski definition) is 3. The molecule has 0 aliphatic carbocycles. The summed E-state index contributed by atoms with van der Waals surface area (Å²) in [6, 6.07) is 1.89. The zero-order valence-electron chi connectivity index (χ0n) is 8.99. The van der Waals surface area contributed by atoms with Crippen molar-refractivity contribution in [2.45, 2.75) is 26.2 Å². The molecular weight excluding hydrogens is 210 g/mol. The topological polar surface area (TPSA) is 29.0 Å². The second-order valence-corrected chi connectivity index (χ2v) is 4.46. The predicted molar refractivity (Wildman–Crippen MR) is 62.3 cm³/mol. The molecule has 1 aromatic rings. The first kappa shape index (κ1) is 10.7. The van der Waals surface area contributed by atoms with Gasteiger partial charge in [-0.15, -0.1) is 5.10 Å². The van der Waals surface area contributed by atoms with Crippen molar-refractivity contribution in [3.8, 4) is 0 Å². The van der Waals surface area contributed by atoms with E-state index in [1.54, 1.807) is 6.20 Å². The van der Waals surface area contributed by atoms with Gasteiger partial charge in [0.05, 0.1) is 11.9 Å². The second kappa shape index (κ2) is 4.79. The maximum atomic E-state index is 5.82. The van der Waals surface area contributed by atoms with Gasteiger partial charge in [0, 0.05) is 19.2 Å². The molecule has 0 atom stereocenters. The zero-order chi connectivity index (χ0) is 10.7. The fourth-order valence-corrected chi connectivity index (χ4v) is 2.26. The molecule has 0 amide bonds. The van der Waals surface area contributed by atoms with Crippen LogP contribution in [0.3, 0.4) is 0 Å². The summed E-state index contributed by atoms with van der Waals surface area (Å²) in [6.07, 6.45) is 5.63. The summed E-state index contributed by atoms with van der Waals surface area (Å²) in [5, 5.41) is 8.11. The molecule has 4 heteroatoms. The third kappa shape index (κ3) is 2.59. The van der Waals surface area contributed by atoms with Crippen LogP contribution < -0.4 is 4.90 Å². The highest BCUT2D eigenvalue weighted by molar-refractivity contribution is 6.29. The van der Waals surface area contributed by atoms with Crippen LogP contribution in [0.15, 0.2) is 12.3 Å². The molecule has 0 aromatic carbocycles. The molecule has 2 heterocycles. The van der Waals surface area contributed by atoms with Crippen LogP contribution in [0.4, 0.5) is 5.69 Å². The van der Waals surface area contributed by atoms with Gasteiger partial charge in [0.1, 0.15) is 0 Å². The fraction of sp³-hybridized carbons (Fsp3) is 0.636. The van der Waals surface area contributed by atoms with Crippen LogP contribution >= 0.6 is 11.6 Å². The molecule has 0 radical (unpaired) electrons. The van der Waals surface area contributed by atoms with E-state index in [2.05, 4.69) is 22.0 Å². The van der Waals surface area contributed by atoms with Crippen molar-refractivity contribution >= 4 is 17.3 Å². The van der Waals surface area contributed by atoms with Gasteiger partial charge in [-0.3, -0.25) is 0 Å². The molecule has 0 unspecified atom stereocenters. The molecule has 1 fully saturated rings. The van der Waals surface area contributed by atoms with Crippen molar-refractivity contribution in [3.05, 3.63) is 17.4 Å². The van der Waals surface area contributed by atoms with E-state index in [0.29, 0.717) is 5.15 Å². The Kier molecular flexibility index (Phi) is 3.41. The molecule has 3 nitrogen and oxygen atoms in total. The quantitative estimate of drug-likeness (QED) is 0.775. The average Bonchev–Trinajstić information content (AvgIpc) is 2.29. The van der Waals surface area contributed by atoms with Crippen molar-refractivity contribution in [1.82, 2.24) is 10.2 Å². The number of aromatic nitrogens is 2. The van der Waals surface area contributed by atoms with Crippen molar-refractivity contribution < 1.29 is 0 Å². The summed E-state index contributed by atoms with van der Waals surface area (Å²) in [4.78, 5) is 2.34. The molecule has 82 valence electrons. The summed E-state index contributed by atoms with van der Waals surface area (Å²) in [6.45, 7) is 4.49. The molecule has 0 spiro atoms. The molecule has 1 aromatic heterocycles. The maximum Gasteiger partial charge on any atom is 0.153 e. The standard InChI is InChI=1S/C11H16ClN3/c1-2-9-3-5-15(6-4-9)10-7-11(12)14-13-8-10/h7-9H,2-6H2,1H3. The number of nitrogens with zero attached hydrogens (tertiary/aromatic N) is 3. The molecule has 2 rings (SSSR count). The molecule has 0 saturated carbocycles. The van der Waals surface area contributed by atoms with E-state index in [9.17, 15) is 0 Å². The Labute approximate surface area is 95.5 Å². The first-order valence-electron chi connectivity index (χ1n) is 5.52. The van der Waals surface area contributed by atoms with E-state index in [4.69, 9.17) is 11.6 Å². The lowest BCUT2D eigenvalue weighted by molar-refractivity contribution is 0.395. The van der Waals surface area contributed by atoms with Crippen LogP contribution in [0.25, 0.3) is 0 Å². The summed E-state index contributed by atoms with van der Waals surface area (Å²) in [5.41, 5.74) is 1.10. The first-order chi connectivity index (χ1) is 7.29. The van der Waals surface area contributed by atoms with E-state index < -0.39 is 0 Å². The minimum atomic E-state index is 0.477. The lowest BCUT2D eigenvalue weighted by Gasteiger charge is -2.32. The van der Waals surface area contributed by atoms with Crippen LogP contribution in [0, 0.1) is 5.92 Å². The van der Waals surface area contributed by atoms with E-state index in [0.717, 1.165) is 24.7 Å². The third-order valence-corrected chi connectivity index (χ3v) is 3.35. The lowest BCUT2D eigenvalue weighted by atomic mass is 9.94. The van der Waals surface area contributed by atoms with Crippen molar-refractivity contribution in [1.29, 1.82) is 0 Å². The van der Waals surface area contributed by atoms with Crippen molar-refractivity contribution in [2.75, 3.05) is 18.0 Å². The summed E-state index contributed by atoms with van der Waals surface area (Å²) in [7, 11) is 0. The number of piperidine rings is 1. The van der Waals surface area contributed by atoms with Gasteiger partial charge in [-0.2, -0.15) is 5.10 Å². The zero-order valence-corrected chi connectivity index (χ0v) is 9.74. The Morgan fingerprint density at radius 1 is 1.47 bits per heavy atom. The SMILES string of the molecule is CCC1CCN(c2cnnc(Cl)c2)CC1. The van der Waals surface area contributed by atoms with Gasteiger partial charge < -0.3 is 4.90 Å². The van der Waals surface area contributed by atoms with Gasteiger partial charge in [-0.1, -0.05) is 24.9 Å². The normalized spacial score (nSPS) is 18.1. The van der Waals surface area contributed by atoms with Gasteiger partial charge in [0.15, 0.2) is 5.15 Å². The minimum Gasteiger partial charge on any atom is -0.370 e. The summed E-state index contributed by atoms with van der Waals surface area (Å²) in [5.74, 6) is 0.895. The number of halogens is 1. The smallest absolute Gasteiger partial charge is 0.153 e. The monoisotopic (exact) mass is 225 g/mol. The Bertz CT molecular complexity index is 321. The Morgan fingerprint density at radius 3 is 2.80 bits per heavy atom. The van der Waals surface area contributed by atoms with Crippen LogP contribution in [0.5, 0.6) is 0 Å². The molecule has 0 bridgehead atoms.